The summed E-state index contributed by atoms with van der Waals surface area (Å²) in [6, 6.07) is 43.0. The van der Waals surface area contributed by atoms with Crippen molar-refractivity contribution in [3.05, 3.63) is 185 Å². The molecule has 5 aromatic carbocycles. The first kappa shape index (κ1) is 32.3. The Morgan fingerprint density at radius 2 is 0.979 bits per heavy atom. The number of anilines is 1. The lowest BCUT2D eigenvalue weighted by molar-refractivity contribution is -0.462. The number of methoxy groups -OCH3 is 2. The predicted octanol–water partition coefficient (Wildman–Crippen LogP) is 9.10. The normalized spacial score (nSPS) is 12.3. The van der Waals surface area contributed by atoms with Crippen molar-refractivity contribution in [1.82, 2.24) is 0 Å². The van der Waals surface area contributed by atoms with Crippen LogP contribution in [0.5, 0.6) is 11.5 Å². The first-order chi connectivity index (χ1) is 23.4. The van der Waals surface area contributed by atoms with Crippen LogP contribution in [0.4, 0.5) is 5.69 Å². The van der Waals surface area contributed by atoms with Gasteiger partial charge in [0.15, 0.2) is 5.71 Å². The molecule has 0 aliphatic heterocycles. The van der Waals surface area contributed by atoms with E-state index in [1.165, 1.54) is 11.1 Å². The predicted molar refractivity (Wildman–Crippen MR) is 201 cm³/mol. The second kappa shape index (κ2) is 14.4. The molecule has 0 amide bonds. The van der Waals surface area contributed by atoms with E-state index < -0.39 is 0 Å². The molecule has 0 saturated carbocycles. The Kier molecular flexibility index (Phi) is 9.73. The van der Waals surface area contributed by atoms with Gasteiger partial charge >= 0.3 is 0 Å². The molecule has 0 saturated heterocycles. The lowest BCUT2D eigenvalue weighted by Gasteiger charge is -2.24. The van der Waals surface area contributed by atoms with Gasteiger partial charge in [0.1, 0.15) is 25.6 Å². The van der Waals surface area contributed by atoms with E-state index in [1.807, 2.05) is 24.3 Å². The highest BCUT2D eigenvalue weighted by atomic mass is 16.5. The molecule has 5 aromatic rings. The van der Waals surface area contributed by atoms with Crippen LogP contribution in [0.1, 0.15) is 27.8 Å². The van der Waals surface area contributed by atoms with Gasteiger partial charge in [0, 0.05) is 31.9 Å². The van der Waals surface area contributed by atoms with E-state index >= 15 is 0 Å². The fourth-order valence-electron chi connectivity index (χ4n) is 6.20. The highest BCUT2D eigenvalue weighted by molar-refractivity contribution is 6.04. The number of ether oxygens (including phenoxy) is 2. The van der Waals surface area contributed by atoms with Gasteiger partial charge in [-0.25, -0.2) is 4.58 Å². The molecular weight excluding hydrogens is 588 g/mol. The van der Waals surface area contributed by atoms with E-state index in [1.54, 1.807) is 14.2 Å². The van der Waals surface area contributed by atoms with Crippen molar-refractivity contribution in [1.29, 1.82) is 0 Å². The molecule has 1 aliphatic carbocycles. The summed E-state index contributed by atoms with van der Waals surface area (Å²) in [5.41, 5.74) is 12.7. The largest absolute Gasteiger partial charge is 0.497 e. The van der Waals surface area contributed by atoms with Gasteiger partial charge in [-0.2, -0.15) is 0 Å². The van der Waals surface area contributed by atoms with Crippen molar-refractivity contribution in [2.24, 2.45) is 0 Å². The number of hydrogen-bond acceptors (Lipinski definition) is 3. The minimum Gasteiger partial charge on any atom is -0.497 e. The molecule has 6 rings (SSSR count). The number of allylic oxidation sites excluding steroid dienone is 5. The minimum absolute atomic E-state index is 0.825. The summed E-state index contributed by atoms with van der Waals surface area (Å²) >= 11 is 0. The number of rotatable bonds is 9. The highest BCUT2D eigenvalue weighted by Gasteiger charge is 2.24. The third-order valence-electron chi connectivity index (χ3n) is 8.79. The monoisotopic (exact) mass is 630 g/mol. The number of benzene rings is 5. The summed E-state index contributed by atoms with van der Waals surface area (Å²) in [6.45, 7) is 0. The van der Waals surface area contributed by atoms with Crippen molar-refractivity contribution in [3.8, 4) is 22.6 Å². The summed E-state index contributed by atoms with van der Waals surface area (Å²) in [5, 5.41) is 0. The van der Waals surface area contributed by atoms with Crippen LogP contribution in [0.25, 0.3) is 16.7 Å². The minimum atomic E-state index is 0.825. The standard InChI is InChI=1S/C44H42N2O2/c1-45(2)35-23-15-31(16-24-35)43(32-17-25-36(26-18-32)46(3)4)41-13-9-7-11-39(41)40-12-8-10-14-42(40)44(33-19-27-37(47-5)28-20-33)34-21-29-38(48-6)30-22-34/h7-30H,1-6H3/q+1. The van der Waals surface area contributed by atoms with Crippen molar-refractivity contribution < 1.29 is 14.0 Å². The van der Waals surface area contributed by atoms with E-state index in [0.29, 0.717) is 0 Å². The van der Waals surface area contributed by atoms with Crippen LogP contribution in [0.2, 0.25) is 0 Å². The molecular formula is C44H42N2O2+. The molecule has 1 aliphatic rings. The number of nitrogens with zero attached hydrogens (tertiary/aromatic N) is 2. The Balaban J connectivity index is 1.58. The molecule has 0 atom stereocenters. The van der Waals surface area contributed by atoms with Crippen LogP contribution in [0.15, 0.2) is 151 Å². The van der Waals surface area contributed by atoms with E-state index in [2.05, 4.69) is 159 Å². The van der Waals surface area contributed by atoms with Crippen molar-refractivity contribution in [3.63, 3.8) is 0 Å². The fraction of sp³-hybridized carbons (Fsp3) is 0.136. The number of hydrogen-bond donors (Lipinski definition) is 0. The fourth-order valence-corrected chi connectivity index (χ4v) is 6.20. The summed E-state index contributed by atoms with van der Waals surface area (Å²) in [5.74, 6) is 2.79. The Bertz CT molecular complexity index is 1940. The zero-order valence-corrected chi connectivity index (χ0v) is 28.6. The smallest absolute Gasteiger partial charge is 0.199 e. The lowest BCUT2D eigenvalue weighted by atomic mass is 9.79. The molecule has 0 heterocycles. The van der Waals surface area contributed by atoms with E-state index in [9.17, 15) is 0 Å². The summed E-state index contributed by atoms with van der Waals surface area (Å²) in [7, 11) is 11.7. The molecule has 0 bridgehead atoms. The summed E-state index contributed by atoms with van der Waals surface area (Å²) in [6.07, 6.45) is 8.86. The zero-order valence-electron chi connectivity index (χ0n) is 28.6. The quantitative estimate of drug-likeness (QED) is 0.120. The van der Waals surface area contributed by atoms with Crippen LogP contribution < -0.4 is 14.4 Å². The average molecular weight is 631 g/mol. The van der Waals surface area contributed by atoms with Crippen molar-refractivity contribution >= 4 is 17.0 Å². The molecule has 0 spiro atoms. The molecule has 0 aromatic heterocycles. The van der Waals surface area contributed by atoms with Crippen molar-refractivity contribution in [2.45, 2.75) is 0 Å². The maximum absolute atomic E-state index is 5.52. The van der Waals surface area contributed by atoms with Gasteiger partial charge in [-0.05, 0) is 98.6 Å². The average Bonchev–Trinajstić information content (AvgIpc) is 3.13. The molecule has 48 heavy (non-hydrogen) atoms. The molecule has 0 fully saturated rings. The first-order valence-electron chi connectivity index (χ1n) is 16.2. The van der Waals surface area contributed by atoms with Gasteiger partial charge < -0.3 is 14.4 Å². The van der Waals surface area contributed by atoms with Gasteiger partial charge in [0.05, 0.1) is 20.1 Å². The molecule has 1 radical (unpaired) electrons. The Morgan fingerprint density at radius 1 is 0.521 bits per heavy atom. The molecule has 0 N–H and O–H groups in total. The van der Waals surface area contributed by atoms with Crippen LogP contribution in [-0.4, -0.2) is 52.7 Å². The first-order valence-corrected chi connectivity index (χ1v) is 16.2. The zero-order chi connectivity index (χ0) is 33.6. The molecule has 239 valence electrons. The van der Waals surface area contributed by atoms with Gasteiger partial charge in [-0.15, -0.1) is 0 Å². The maximum Gasteiger partial charge on any atom is 0.199 e. The Hall–Kier alpha value is -5.61. The molecule has 0 unspecified atom stereocenters. The van der Waals surface area contributed by atoms with Crippen LogP contribution in [0, 0.1) is 5.92 Å². The summed E-state index contributed by atoms with van der Waals surface area (Å²) in [4.78, 5) is 2.13. The lowest BCUT2D eigenvalue weighted by Crippen LogP contribution is -2.10. The van der Waals surface area contributed by atoms with Gasteiger partial charge in [-0.3, -0.25) is 0 Å². The van der Waals surface area contributed by atoms with E-state index in [4.69, 9.17) is 9.47 Å². The molecule has 4 heteroatoms. The van der Waals surface area contributed by atoms with Gasteiger partial charge in [0.2, 0.25) is 0 Å². The van der Waals surface area contributed by atoms with Gasteiger partial charge in [0.25, 0.3) is 0 Å². The second-order valence-electron chi connectivity index (χ2n) is 12.2. The topological polar surface area (TPSA) is 24.7 Å². The van der Waals surface area contributed by atoms with E-state index in [0.717, 1.165) is 67.8 Å². The van der Waals surface area contributed by atoms with Crippen LogP contribution in [0.3, 0.4) is 0 Å². The Morgan fingerprint density at radius 3 is 1.46 bits per heavy atom. The summed E-state index contributed by atoms with van der Waals surface area (Å²) < 4.78 is 13.2. The van der Waals surface area contributed by atoms with Crippen LogP contribution >= 0.6 is 0 Å². The van der Waals surface area contributed by atoms with Gasteiger partial charge in [-0.1, -0.05) is 84.9 Å². The maximum atomic E-state index is 5.52. The second-order valence-corrected chi connectivity index (χ2v) is 12.2. The molecule has 4 nitrogen and oxygen atoms in total. The SMILES string of the molecule is COc1ccc([C](c2ccc(OC)cc2)c2ccccc2-c2ccccc2C(=C2C=CC(=[N+](C)C)C=C2)c2ccc(N(C)C)cc2)cc1. The van der Waals surface area contributed by atoms with E-state index in [-0.39, 0.29) is 0 Å². The highest BCUT2D eigenvalue weighted by Crippen LogP contribution is 2.42. The Labute approximate surface area is 285 Å². The van der Waals surface area contributed by atoms with Crippen LogP contribution in [-0.2, 0) is 0 Å². The third kappa shape index (κ3) is 6.74. The van der Waals surface area contributed by atoms with Crippen molar-refractivity contribution in [2.75, 3.05) is 47.3 Å². The third-order valence-corrected chi connectivity index (χ3v) is 8.79.